The van der Waals surface area contributed by atoms with Crippen molar-refractivity contribution in [1.82, 2.24) is 15.0 Å². The number of hydrogen-bond donors (Lipinski definition) is 1. The van der Waals surface area contributed by atoms with E-state index in [4.69, 9.17) is 14.7 Å². The predicted molar refractivity (Wildman–Crippen MR) is 128 cm³/mol. The van der Waals surface area contributed by atoms with Gasteiger partial charge in [0.1, 0.15) is 17.0 Å². The van der Waals surface area contributed by atoms with Crippen molar-refractivity contribution in [2.45, 2.75) is 58.7 Å². The minimum atomic E-state index is -0.178. The Morgan fingerprint density at radius 1 is 1.10 bits per heavy atom. The van der Waals surface area contributed by atoms with Crippen molar-refractivity contribution in [3.8, 4) is 0 Å². The van der Waals surface area contributed by atoms with Crippen LogP contribution in [0.5, 0.6) is 0 Å². The lowest BCUT2D eigenvalue weighted by molar-refractivity contribution is -0.0401. The molecule has 0 aliphatic carbocycles. The largest absolute Gasteiger partial charge is 0.370 e. The summed E-state index contributed by atoms with van der Waals surface area (Å²) in [5.74, 6) is 0.904. The number of aryl methyl sites for hydroxylation is 1. The summed E-state index contributed by atoms with van der Waals surface area (Å²) in [6.07, 6.45) is 5.56. The molecule has 1 aliphatic rings. The molecule has 3 aromatic heterocycles. The van der Waals surface area contributed by atoms with Gasteiger partial charge in [-0.1, -0.05) is 43.7 Å². The molecule has 5 nitrogen and oxygen atoms in total. The van der Waals surface area contributed by atoms with Crippen molar-refractivity contribution >= 4 is 37.6 Å². The summed E-state index contributed by atoms with van der Waals surface area (Å²) in [6.45, 7) is 8.00. The van der Waals surface area contributed by atoms with Gasteiger partial charge < -0.3 is 10.1 Å². The van der Waals surface area contributed by atoms with Crippen molar-refractivity contribution < 1.29 is 4.74 Å². The first-order chi connectivity index (χ1) is 15.1. The van der Waals surface area contributed by atoms with Crippen molar-refractivity contribution in [2.75, 3.05) is 11.9 Å². The molecule has 1 N–H and O–H groups in total. The first-order valence-electron chi connectivity index (χ1n) is 11.1. The number of fused-ring (bicyclic) bond motifs is 5. The third kappa shape index (κ3) is 3.90. The zero-order valence-electron chi connectivity index (χ0n) is 18.4. The molecular formula is C25H28N4OS. The zero-order valence-corrected chi connectivity index (χ0v) is 19.2. The first-order valence-corrected chi connectivity index (χ1v) is 11.9. The Labute approximate surface area is 186 Å². The predicted octanol–water partition coefficient (Wildman–Crippen LogP) is 5.70. The fourth-order valence-corrected chi connectivity index (χ4v) is 5.56. The smallest absolute Gasteiger partial charge is 0.147 e. The molecule has 0 radical (unpaired) electrons. The van der Waals surface area contributed by atoms with Crippen LogP contribution in [0.1, 0.15) is 49.6 Å². The minimum Gasteiger partial charge on any atom is -0.370 e. The summed E-state index contributed by atoms with van der Waals surface area (Å²) in [7, 11) is 0. The molecule has 1 aromatic carbocycles. The molecule has 0 saturated heterocycles. The van der Waals surface area contributed by atoms with E-state index in [1.807, 2.05) is 0 Å². The molecule has 0 fully saturated rings. The summed E-state index contributed by atoms with van der Waals surface area (Å²) in [4.78, 5) is 15.4. The molecule has 0 atom stereocenters. The van der Waals surface area contributed by atoms with Crippen LogP contribution in [-0.4, -0.2) is 27.1 Å². The van der Waals surface area contributed by atoms with Crippen LogP contribution >= 0.6 is 11.3 Å². The average molecular weight is 433 g/mol. The number of aromatic nitrogens is 3. The molecule has 0 unspecified atom stereocenters. The highest BCUT2D eigenvalue weighted by molar-refractivity contribution is 7.26. The maximum atomic E-state index is 6.15. The van der Waals surface area contributed by atoms with Crippen LogP contribution in [0, 0.1) is 0 Å². The van der Waals surface area contributed by atoms with Crippen molar-refractivity contribution in [3.63, 3.8) is 0 Å². The molecule has 160 valence electrons. The van der Waals surface area contributed by atoms with Gasteiger partial charge in [-0.3, -0.25) is 0 Å². The minimum absolute atomic E-state index is 0.178. The van der Waals surface area contributed by atoms with E-state index >= 15 is 0 Å². The Morgan fingerprint density at radius 2 is 1.94 bits per heavy atom. The fourth-order valence-electron chi connectivity index (χ4n) is 4.41. The molecule has 0 bridgehead atoms. The SMILES string of the molecule is CCCc1nc2sc3c(NCCc4ccccc4)ncnc3c2c2c1COC(C)(C)C2. The van der Waals surface area contributed by atoms with Gasteiger partial charge in [-0.2, -0.15) is 0 Å². The number of hydrogen-bond acceptors (Lipinski definition) is 6. The quantitative estimate of drug-likeness (QED) is 0.424. The molecule has 4 aromatic rings. The topological polar surface area (TPSA) is 59.9 Å². The standard InChI is InChI=1S/C25H28N4OS/c1-4-8-19-18-14-30-25(2,3)13-17(18)20-21-22(31-24(20)29-19)23(28-15-27-21)26-12-11-16-9-6-5-7-10-16/h5-7,9-10,15H,4,8,11-14H2,1-3H3,(H,26,27,28). The first kappa shape index (κ1) is 20.3. The van der Waals surface area contributed by atoms with E-state index in [0.29, 0.717) is 6.61 Å². The van der Waals surface area contributed by atoms with Gasteiger partial charge in [-0.15, -0.1) is 11.3 Å². The van der Waals surface area contributed by atoms with Gasteiger partial charge >= 0.3 is 0 Å². The molecule has 1 aliphatic heterocycles. The lowest BCUT2D eigenvalue weighted by Crippen LogP contribution is -2.32. The normalized spacial score (nSPS) is 15.3. The van der Waals surface area contributed by atoms with E-state index in [-0.39, 0.29) is 5.60 Å². The van der Waals surface area contributed by atoms with Gasteiger partial charge in [0.05, 0.1) is 22.4 Å². The van der Waals surface area contributed by atoms with E-state index in [9.17, 15) is 0 Å². The highest BCUT2D eigenvalue weighted by Crippen LogP contribution is 2.42. The molecule has 5 rings (SSSR count). The van der Waals surface area contributed by atoms with Crippen LogP contribution in [0.15, 0.2) is 36.7 Å². The fraction of sp³-hybridized carbons (Fsp3) is 0.400. The Balaban J connectivity index is 1.57. The molecule has 0 saturated carbocycles. The number of nitrogens with zero attached hydrogens (tertiary/aromatic N) is 3. The average Bonchev–Trinajstić information content (AvgIpc) is 3.13. The number of pyridine rings is 1. The molecule has 6 heteroatoms. The second kappa shape index (κ2) is 8.17. The molecule has 0 spiro atoms. The Kier molecular flexibility index (Phi) is 5.36. The lowest BCUT2D eigenvalue weighted by atomic mass is 9.88. The van der Waals surface area contributed by atoms with Gasteiger partial charge in [0.2, 0.25) is 0 Å². The van der Waals surface area contributed by atoms with Crippen LogP contribution in [0.3, 0.4) is 0 Å². The number of benzene rings is 1. The third-order valence-electron chi connectivity index (χ3n) is 5.95. The Bertz CT molecular complexity index is 1230. The number of nitrogens with one attached hydrogen (secondary N) is 1. The van der Waals surface area contributed by atoms with E-state index in [1.165, 1.54) is 27.8 Å². The van der Waals surface area contributed by atoms with Gasteiger partial charge in [-0.25, -0.2) is 15.0 Å². The van der Waals surface area contributed by atoms with E-state index in [1.54, 1.807) is 17.7 Å². The second-order valence-corrected chi connectivity index (χ2v) is 9.83. The lowest BCUT2D eigenvalue weighted by Gasteiger charge is -2.33. The summed E-state index contributed by atoms with van der Waals surface area (Å²) in [5.41, 5.74) is 5.97. The van der Waals surface area contributed by atoms with Gasteiger partial charge in [0.15, 0.2) is 0 Å². The third-order valence-corrected chi connectivity index (χ3v) is 7.03. The van der Waals surface area contributed by atoms with Gasteiger partial charge in [0, 0.05) is 29.6 Å². The Hall–Kier alpha value is -2.57. The van der Waals surface area contributed by atoms with Gasteiger partial charge in [0.25, 0.3) is 0 Å². The highest BCUT2D eigenvalue weighted by Gasteiger charge is 2.31. The highest BCUT2D eigenvalue weighted by atomic mass is 32.1. The van der Waals surface area contributed by atoms with E-state index in [2.05, 4.69) is 61.4 Å². The molecule has 31 heavy (non-hydrogen) atoms. The van der Waals surface area contributed by atoms with E-state index < -0.39 is 0 Å². The molecule has 4 heterocycles. The van der Waals surface area contributed by atoms with Crippen molar-refractivity contribution in [1.29, 1.82) is 0 Å². The monoisotopic (exact) mass is 432 g/mol. The molecule has 0 amide bonds. The number of ether oxygens (including phenoxy) is 1. The van der Waals surface area contributed by atoms with Crippen LogP contribution in [0.2, 0.25) is 0 Å². The number of rotatable bonds is 6. The van der Waals surface area contributed by atoms with Crippen LogP contribution in [0.25, 0.3) is 20.4 Å². The van der Waals surface area contributed by atoms with Crippen molar-refractivity contribution in [3.05, 3.63) is 59.0 Å². The zero-order chi connectivity index (χ0) is 21.4. The maximum Gasteiger partial charge on any atom is 0.147 e. The Morgan fingerprint density at radius 3 is 2.74 bits per heavy atom. The van der Waals surface area contributed by atoms with Crippen molar-refractivity contribution in [2.24, 2.45) is 0 Å². The van der Waals surface area contributed by atoms with Gasteiger partial charge in [-0.05, 0) is 37.8 Å². The van der Waals surface area contributed by atoms with E-state index in [0.717, 1.165) is 53.1 Å². The number of anilines is 1. The van der Waals surface area contributed by atoms with Crippen LogP contribution < -0.4 is 5.32 Å². The second-order valence-electron chi connectivity index (χ2n) is 8.84. The maximum absolute atomic E-state index is 6.15. The van der Waals surface area contributed by atoms with Crippen LogP contribution in [0.4, 0.5) is 5.82 Å². The molecular weight excluding hydrogens is 404 g/mol. The summed E-state index contributed by atoms with van der Waals surface area (Å²) in [6, 6.07) is 10.5. The summed E-state index contributed by atoms with van der Waals surface area (Å²) in [5, 5.41) is 4.73. The number of thiophene rings is 1. The summed E-state index contributed by atoms with van der Waals surface area (Å²) < 4.78 is 7.25. The summed E-state index contributed by atoms with van der Waals surface area (Å²) >= 11 is 1.71. The van der Waals surface area contributed by atoms with Crippen LogP contribution in [-0.2, 0) is 30.6 Å².